The Morgan fingerprint density at radius 2 is 2.00 bits per heavy atom. The minimum absolute atomic E-state index is 0.139. The van der Waals surface area contributed by atoms with Crippen molar-refractivity contribution < 1.29 is 34.0 Å². The Labute approximate surface area is 151 Å². The Bertz CT molecular complexity index is 746. The van der Waals surface area contributed by atoms with Gasteiger partial charge >= 0.3 is 11.9 Å². The molecular formula is C19H24O7. The summed E-state index contributed by atoms with van der Waals surface area (Å²) >= 11 is 0. The highest BCUT2D eigenvalue weighted by Crippen LogP contribution is 2.74. The highest BCUT2D eigenvalue weighted by molar-refractivity contribution is 5.86. The molecule has 0 amide bonds. The highest BCUT2D eigenvalue weighted by atomic mass is 16.7. The van der Waals surface area contributed by atoms with E-state index in [1.165, 1.54) is 6.08 Å². The van der Waals surface area contributed by atoms with E-state index in [1.807, 2.05) is 20.8 Å². The molecule has 5 aliphatic rings. The summed E-state index contributed by atoms with van der Waals surface area (Å²) in [5.41, 5.74) is -0.482. The zero-order chi connectivity index (χ0) is 18.6. The van der Waals surface area contributed by atoms with Gasteiger partial charge in [-0.3, -0.25) is 4.79 Å². The first-order valence-corrected chi connectivity index (χ1v) is 9.27. The Morgan fingerprint density at radius 1 is 1.27 bits per heavy atom. The molecule has 2 bridgehead atoms. The SMILES string of the molecule is CC1=CC(=O)O[C@@H]1[C@@]1(C)C[C@H]2OC(=O)C[C@H]3[C@@H](C)[C@@H](O)[C@]4(O)OC[C@]23[C@@H]14. The highest BCUT2D eigenvalue weighted by Gasteiger charge is 2.82. The van der Waals surface area contributed by atoms with Crippen LogP contribution in [0.25, 0.3) is 0 Å². The molecule has 9 atom stereocenters. The molecule has 0 aromatic carbocycles. The third-order valence-corrected chi connectivity index (χ3v) is 7.89. The third kappa shape index (κ3) is 1.62. The van der Waals surface area contributed by atoms with Gasteiger partial charge < -0.3 is 24.4 Å². The summed E-state index contributed by atoms with van der Waals surface area (Å²) in [6, 6.07) is 0. The van der Waals surface area contributed by atoms with E-state index in [-0.39, 0.29) is 30.8 Å². The zero-order valence-electron chi connectivity index (χ0n) is 15.1. The summed E-state index contributed by atoms with van der Waals surface area (Å²) in [7, 11) is 0. The smallest absolute Gasteiger partial charge is 0.331 e. The van der Waals surface area contributed by atoms with Crippen LogP contribution in [0.15, 0.2) is 11.6 Å². The summed E-state index contributed by atoms with van der Waals surface area (Å²) in [4.78, 5) is 24.1. The summed E-state index contributed by atoms with van der Waals surface area (Å²) in [5.74, 6) is -3.34. The van der Waals surface area contributed by atoms with E-state index in [4.69, 9.17) is 14.2 Å². The molecule has 2 aliphatic carbocycles. The fraction of sp³-hybridized carbons (Fsp3) is 0.789. The van der Waals surface area contributed by atoms with Crippen LogP contribution < -0.4 is 0 Å². The molecule has 2 saturated heterocycles. The molecule has 142 valence electrons. The molecule has 0 aromatic heterocycles. The van der Waals surface area contributed by atoms with E-state index in [2.05, 4.69) is 0 Å². The summed E-state index contributed by atoms with van der Waals surface area (Å²) in [5, 5.41) is 22.3. The maximum absolute atomic E-state index is 12.3. The molecule has 0 aromatic rings. The van der Waals surface area contributed by atoms with Crippen LogP contribution >= 0.6 is 0 Å². The minimum Gasteiger partial charge on any atom is -0.462 e. The predicted octanol–water partition coefficient (Wildman–Crippen LogP) is 0.532. The fourth-order valence-corrected chi connectivity index (χ4v) is 7.10. The van der Waals surface area contributed by atoms with Crippen molar-refractivity contribution >= 4 is 11.9 Å². The van der Waals surface area contributed by atoms with Crippen LogP contribution in [0.1, 0.15) is 33.6 Å². The van der Waals surface area contributed by atoms with Crippen molar-refractivity contribution in [1.82, 2.24) is 0 Å². The van der Waals surface area contributed by atoms with Crippen molar-refractivity contribution in [2.75, 3.05) is 6.61 Å². The van der Waals surface area contributed by atoms with Crippen LogP contribution in [-0.2, 0) is 23.8 Å². The number of cyclic esters (lactones) is 1. The number of rotatable bonds is 1. The molecule has 3 aliphatic heterocycles. The van der Waals surface area contributed by atoms with Gasteiger partial charge in [-0.05, 0) is 30.8 Å². The second-order valence-electron chi connectivity index (χ2n) is 9.09. The fourth-order valence-electron chi connectivity index (χ4n) is 7.10. The lowest BCUT2D eigenvalue weighted by Crippen LogP contribution is -2.66. The quantitative estimate of drug-likeness (QED) is 0.655. The largest absolute Gasteiger partial charge is 0.462 e. The van der Waals surface area contributed by atoms with E-state index >= 15 is 0 Å². The maximum atomic E-state index is 12.3. The van der Waals surface area contributed by atoms with Gasteiger partial charge in [-0.25, -0.2) is 4.79 Å². The number of aliphatic hydroxyl groups is 2. The second kappa shape index (κ2) is 4.69. The topological polar surface area (TPSA) is 102 Å². The van der Waals surface area contributed by atoms with Gasteiger partial charge in [-0.2, -0.15) is 0 Å². The van der Waals surface area contributed by atoms with Gasteiger partial charge in [0.15, 0.2) is 5.79 Å². The van der Waals surface area contributed by atoms with Crippen molar-refractivity contribution in [2.24, 2.45) is 28.6 Å². The Balaban J connectivity index is 1.70. The van der Waals surface area contributed by atoms with E-state index < -0.39 is 46.8 Å². The number of ether oxygens (including phenoxy) is 3. The standard InChI is InChI=1S/C19H24O7/c1-8-4-12(20)26-15(8)17(3)6-11-18-7-24-19(23,16(17)18)14(22)9(2)10(18)5-13(21)25-11/h4,9-11,14-16,22-23H,5-7H2,1-3H3/t9-,10+,11-,14-,15+,16-,17-,18-,19+/m1/s1. The molecule has 2 saturated carbocycles. The van der Waals surface area contributed by atoms with Gasteiger partial charge in [0.1, 0.15) is 18.3 Å². The van der Waals surface area contributed by atoms with Crippen molar-refractivity contribution in [3.63, 3.8) is 0 Å². The van der Waals surface area contributed by atoms with E-state index in [0.717, 1.165) is 5.57 Å². The Kier molecular flexibility index (Phi) is 3.02. The van der Waals surface area contributed by atoms with Gasteiger partial charge in [0.25, 0.3) is 0 Å². The zero-order valence-corrected chi connectivity index (χ0v) is 15.1. The van der Waals surface area contributed by atoms with Gasteiger partial charge in [-0.15, -0.1) is 0 Å². The first kappa shape index (κ1) is 16.7. The van der Waals surface area contributed by atoms with E-state index in [9.17, 15) is 19.8 Å². The maximum Gasteiger partial charge on any atom is 0.331 e. The second-order valence-corrected chi connectivity index (χ2v) is 9.09. The molecule has 0 radical (unpaired) electrons. The van der Waals surface area contributed by atoms with Crippen molar-refractivity contribution in [2.45, 2.75) is 57.7 Å². The molecule has 26 heavy (non-hydrogen) atoms. The number of carbonyl (C=O) groups excluding carboxylic acids is 2. The summed E-state index contributed by atoms with van der Waals surface area (Å²) in [6.45, 7) is 5.88. The molecule has 7 nitrogen and oxygen atoms in total. The van der Waals surface area contributed by atoms with Crippen LogP contribution in [0.3, 0.4) is 0 Å². The Morgan fingerprint density at radius 3 is 2.65 bits per heavy atom. The number of hydrogen-bond donors (Lipinski definition) is 2. The van der Waals surface area contributed by atoms with Gasteiger partial charge in [-0.1, -0.05) is 13.8 Å². The van der Waals surface area contributed by atoms with Crippen LogP contribution in [0.4, 0.5) is 0 Å². The number of hydrogen-bond acceptors (Lipinski definition) is 7. The monoisotopic (exact) mass is 364 g/mol. The molecule has 1 spiro atoms. The number of aliphatic hydroxyl groups excluding tert-OH is 1. The molecule has 0 unspecified atom stereocenters. The van der Waals surface area contributed by atoms with Crippen LogP contribution in [0.2, 0.25) is 0 Å². The number of carbonyl (C=O) groups is 2. The predicted molar refractivity (Wildman–Crippen MR) is 86.3 cm³/mol. The molecule has 4 fully saturated rings. The average Bonchev–Trinajstić information content (AvgIpc) is 3.14. The van der Waals surface area contributed by atoms with Crippen molar-refractivity contribution in [3.8, 4) is 0 Å². The minimum atomic E-state index is -1.74. The normalized spacial score (nSPS) is 57.5. The van der Waals surface area contributed by atoms with Crippen molar-refractivity contribution in [1.29, 1.82) is 0 Å². The molecular weight excluding hydrogens is 340 g/mol. The van der Waals surface area contributed by atoms with E-state index in [0.29, 0.717) is 6.42 Å². The van der Waals surface area contributed by atoms with Crippen LogP contribution in [0, 0.1) is 28.6 Å². The lowest BCUT2D eigenvalue weighted by molar-refractivity contribution is -0.299. The summed E-state index contributed by atoms with van der Waals surface area (Å²) < 4.78 is 17.2. The lowest BCUT2D eigenvalue weighted by atomic mass is 9.50. The summed E-state index contributed by atoms with van der Waals surface area (Å²) in [6.07, 6.45) is 0.0796. The average molecular weight is 364 g/mol. The Hall–Kier alpha value is -1.44. The van der Waals surface area contributed by atoms with E-state index in [1.54, 1.807) is 0 Å². The van der Waals surface area contributed by atoms with Crippen molar-refractivity contribution in [3.05, 3.63) is 11.6 Å². The van der Waals surface area contributed by atoms with Gasteiger partial charge in [0, 0.05) is 29.2 Å². The molecule has 2 N–H and O–H groups in total. The van der Waals surface area contributed by atoms with Crippen LogP contribution in [0.5, 0.6) is 0 Å². The first-order chi connectivity index (χ1) is 12.1. The third-order valence-electron chi connectivity index (χ3n) is 7.89. The van der Waals surface area contributed by atoms with Crippen LogP contribution in [-0.4, -0.2) is 52.9 Å². The van der Waals surface area contributed by atoms with Gasteiger partial charge in [0.2, 0.25) is 0 Å². The number of esters is 2. The molecule has 3 heterocycles. The van der Waals surface area contributed by atoms with Gasteiger partial charge in [0.05, 0.1) is 6.61 Å². The lowest BCUT2D eigenvalue weighted by Gasteiger charge is -2.55. The first-order valence-electron chi connectivity index (χ1n) is 9.27. The molecule has 7 heteroatoms. The molecule has 5 rings (SSSR count).